The zero-order valence-electron chi connectivity index (χ0n) is 12.6. The lowest BCUT2D eigenvalue weighted by Gasteiger charge is -2.34. The third kappa shape index (κ3) is 4.64. The van der Waals surface area contributed by atoms with E-state index < -0.39 is 18.3 Å². The summed E-state index contributed by atoms with van der Waals surface area (Å²) in [6.07, 6.45) is -2.52. The van der Waals surface area contributed by atoms with Gasteiger partial charge in [-0.3, -0.25) is 10.2 Å². The average molecular weight is 291 g/mol. The molecule has 2 atom stereocenters. The van der Waals surface area contributed by atoms with E-state index in [4.69, 9.17) is 0 Å². The first-order chi connectivity index (χ1) is 9.08. The molecule has 1 aliphatic carbocycles. The van der Waals surface area contributed by atoms with E-state index in [2.05, 4.69) is 11.4 Å². The van der Waals surface area contributed by atoms with Crippen LogP contribution >= 0.6 is 0 Å². The Kier molecular flexibility index (Phi) is 5.45. The maximum Gasteiger partial charge on any atom is 0.401 e. The summed E-state index contributed by atoms with van der Waals surface area (Å²) >= 11 is 0. The summed E-state index contributed by atoms with van der Waals surface area (Å²) < 4.78 is 38.0. The largest absolute Gasteiger partial charge is 0.401 e. The Hall–Kier alpha value is -0.800. The number of hydrogen-bond acceptors (Lipinski definition) is 3. The van der Waals surface area contributed by atoms with E-state index in [1.165, 1.54) is 4.90 Å². The minimum Gasteiger partial charge on any atom is -0.297 e. The molecule has 1 aliphatic rings. The first-order valence-electron chi connectivity index (χ1n) is 7.10. The SMILES string of the molecule is CC(C)NC1(C#N)CCC(N(CC(F)(F)F)C(C)C)C1. The fourth-order valence-electron chi connectivity index (χ4n) is 3.06. The van der Waals surface area contributed by atoms with Gasteiger partial charge in [0.25, 0.3) is 0 Å². The zero-order valence-corrected chi connectivity index (χ0v) is 12.6. The summed E-state index contributed by atoms with van der Waals surface area (Å²) in [5.74, 6) is 0. The molecule has 0 aromatic rings. The summed E-state index contributed by atoms with van der Waals surface area (Å²) in [4.78, 5) is 1.47. The lowest BCUT2D eigenvalue weighted by atomic mass is 9.98. The van der Waals surface area contributed by atoms with Crippen LogP contribution in [0.2, 0.25) is 0 Å². The Morgan fingerprint density at radius 2 is 1.95 bits per heavy atom. The van der Waals surface area contributed by atoms with Crippen LogP contribution in [-0.4, -0.2) is 41.3 Å². The lowest BCUT2D eigenvalue weighted by molar-refractivity contribution is -0.155. The number of nitriles is 1. The van der Waals surface area contributed by atoms with E-state index >= 15 is 0 Å². The van der Waals surface area contributed by atoms with Crippen LogP contribution in [0.5, 0.6) is 0 Å². The predicted octanol–water partition coefficient (Wildman–Crippen LogP) is 3.07. The van der Waals surface area contributed by atoms with Gasteiger partial charge in [-0.15, -0.1) is 0 Å². The molecule has 2 unspecified atom stereocenters. The van der Waals surface area contributed by atoms with Crippen molar-refractivity contribution < 1.29 is 13.2 Å². The van der Waals surface area contributed by atoms with Gasteiger partial charge in [0.05, 0.1) is 12.6 Å². The molecule has 6 heteroatoms. The van der Waals surface area contributed by atoms with Crippen molar-refractivity contribution in [2.24, 2.45) is 0 Å². The highest BCUT2D eigenvalue weighted by Gasteiger charge is 2.44. The smallest absolute Gasteiger partial charge is 0.297 e. The fourth-order valence-corrected chi connectivity index (χ4v) is 3.06. The molecule has 1 fully saturated rings. The van der Waals surface area contributed by atoms with Gasteiger partial charge < -0.3 is 0 Å². The molecule has 1 rings (SSSR count). The van der Waals surface area contributed by atoms with E-state index in [0.29, 0.717) is 19.3 Å². The molecule has 0 aliphatic heterocycles. The maximum atomic E-state index is 12.7. The van der Waals surface area contributed by atoms with Crippen molar-refractivity contribution in [3.8, 4) is 6.07 Å². The topological polar surface area (TPSA) is 39.1 Å². The van der Waals surface area contributed by atoms with E-state index in [-0.39, 0.29) is 18.1 Å². The molecular weight excluding hydrogens is 267 g/mol. The fraction of sp³-hybridized carbons (Fsp3) is 0.929. The van der Waals surface area contributed by atoms with Crippen molar-refractivity contribution in [3.05, 3.63) is 0 Å². The van der Waals surface area contributed by atoms with Crippen LogP contribution in [0.4, 0.5) is 13.2 Å². The molecule has 3 nitrogen and oxygen atoms in total. The highest BCUT2D eigenvalue weighted by atomic mass is 19.4. The third-order valence-corrected chi connectivity index (χ3v) is 3.76. The Morgan fingerprint density at radius 3 is 2.35 bits per heavy atom. The van der Waals surface area contributed by atoms with Crippen molar-refractivity contribution in [1.82, 2.24) is 10.2 Å². The van der Waals surface area contributed by atoms with Crippen LogP contribution in [0.1, 0.15) is 47.0 Å². The summed E-state index contributed by atoms with van der Waals surface area (Å²) in [6.45, 7) is 6.53. The molecule has 0 radical (unpaired) electrons. The average Bonchev–Trinajstić information content (AvgIpc) is 2.68. The van der Waals surface area contributed by atoms with Crippen molar-refractivity contribution in [2.75, 3.05) is 6.54 Å². The first kappa shape index (κ1) is 17.3. The van der Waals surface area contributed by atoms with Crippen LogP contribution in [0, 0.1) is 11.3 Å². The molecular formula is C14H24F3N3. The minimum atomic E-state index is -4.20. The van der Waals surface area contributed by atoms with Crippen molar-refractivity contribution in [2.45, 2.75) is 76.8 Å². The standard InChI is InChI=1S/C14H24F3N3/c1-10(2)19-13(8-18)6-5-12(7-13)20(11(3)4)9-14(15,16)17/h10-12,19H,5-7,9H2,1-4H3. The van der Waals surface area contributed by atoms with Gasteiger partial charge in [-0.1, -0.05) is 0 Å². The summed E-state index contributed by atoms with van der Waals surface area (Å²) in [5, 5.41) is 12.6. The second-order valence-electron chi connectivity index (χ2n) is 6.27. The van der Waals surface area contributed by atoms with Gasteiger partial charge in [-0.05, 0) is 47.0 Å². The van der Waals surface area contributed by atoms with E-state index in [1.807, 2.05) is 13.8 Å². The number of hydrogen-bond donors (Lipinski definition) is 1. The lowest BCUT2D eigenvalue weighted by Crippen LogP contribution is -2.49. The number of nitrogens with one attached hydrogen (secondary N) is 1. The van der Waals surface area contributed by atoms with Crippen molar-refractivity contribution in [3.63, 3.8) is 0 Å². The molecule has 0 spiro atoms. The summed E-state index contributed by atoms with van der Waals surface area (Å²) in [5.41, 5.74) is -0.683. The first-order valence-corrected chi connectivity index (χ1v) is 7.10. The Labute approximate surface area is 119 Å². The highest BCUT2D eigenvalue weighted by molar-refractivity contribution is 5.14. The number of alkyl halides is 3. The molecule has 0 amide bonds. The quantitative estimate of drug-likeness (QED) is 0.846. The van der Waals surface area contributed by atoms with Gasteiger partial charge in [0, 0.05) is 18.1 Å². The minimum absolute atomic E-state index is 0.142. The van der Waals surface area contributed by atoms with Gasteiger partial charge >= 0.3 is 6.18 Å². The van der Waals surface area contributed by atoms with Crippen LogP contribution in [-0.2, 0) is 0 Å². The van der Waals surface area contributed by atoms with Gasteiger partial charge in [0.15, 0.2) is 0 Å². The van der Waals surface area contributed by atoms with Crippen LogP contribution in [0.25, 0.3) is 0 Å². The normalized spacial score (nSPS) is 27.6. The maximum absolute atomic E-state index is 12.7. The van der Waals surface area contributed by atoms with E-state index in [0.717, 1.165) is 0 Å². The van der Waals surface area contributed by atoms with Crippen LogP contribution in [0.3, 0.4) is 0 Å². The van der Waals surface area contributed by atoms with Crippen LogP contribution < -0.4 is 5.32 Å². The number of halogens is 3. The molecule has 0 aromatic heterocycles. The van der Waals surface area contributed by atoms with Crippen molar-refractivity contribution in [1.29, 1.82) is 5.26 Å². The van der Waals surface area contributed by atoms with Gasteiger partial charge in [-0.25, -0.2) is 0 Å². The molecule has 0 bridgehead atoms. The monoisotopic (exact) mass is 291 g/mol. The molecule has 1 N–H and O–H groups in total. The molecule has 0 saturated heterocycles. The van der Waals surface area contributed by atoms with E-state index in [9.17, 15) is 18.4 Å². The molecule has 116 valence electrons. The zero-order chi connectivity index (χ0) is 15.6. The summed E-state index contributed by atoms with van der Waals surface area (Å²) in [7, 11) is 0. The van der Waals surface area contributed by atoms with E-state index in [1.54, 1.807) is 13.8 Å². The number of rotatable bonds is 5. The Morgan fingerprint density at radius 1 is 1.35 bits per heavy atom. The third-order valence-electron chi connectivity index (χ3n) is 3.76. The summed E-state index contributed by atoms with van der Waals surface area (Å²) in [6, 6.07) is 2.04. The number of nitrogens with zero attached hydrogens (tertiary/aromatic N) is 2. The predicted molar refractivity (Wildman–Crippen MR) is 72.2 cm³/mol. The molecule has 0 aromatic carbocycles. The second-order valence-corrected chi connectivity index (χ2v) is 6.27. The molecule has 20 heavy (non-hydrogen) atoms. The van der Waals surface area contributed by atoms with Gasteiger partial charge in [-0.2, -0.15) is 18.4 Å². The highest BCUT2D eigenvalue weighted by Crippen LogP contribution is 2.35. The Bertz CT molecular complexity index is 360. The molecule has 0 heterocycles. The van der Waals surface area contributed by atoms with Gasteiger partial charge in [0.2, 0.25) is 0 Å². The van der Waals surface area contributed by atoms with Gasteiger partial charge in [0.1, 0.15) is 5.54 Å². The van der Waals surface area contributed by atoms with Crippen LogP contribution in [0.15, 0.2) is 0 Å². The molecule has 1 saturated carbocycles. The second kappa shape index (κ2) is 6.31. The Balaban J connectivity index is 2.79. The van der Waals surface area contributed by atoms with Crippen molar-refractivity contribution >= 4 is 0 Å².